The molecule has 0 aromatic rings. The Bertz CT molecular complexity index is 540. The van der Waals surface area contributed by atoms with E-state index < -0.39 is 0 Å². The van der Waals surface area contributed by atoms with Gasteiger partial charge in [-0.05, 0) is 51.6 Å². The smallest absolute Gasteiger partial charge is 0.243 e. The summed E-state index contributed by atoms with van der Waals surface area (Å²) in [6.07, 6.45) is 13.0. The number of carbonyl (C=O) groups excluding carboxylic acids is 1. The van der Waals surface area contributed by atoms with E-state index in [1.54, 1.807) is 19.0 Å². The lowest BCUT2D eigenvalue weighted by Crippen LogP contribution is -2.59. The third kappa shape index (κ3) is 7.51. The van der Waals surface area contributed by atoms with Crippen molar-refractivity contribution < 1.29 is 9.53 Å². The second kappa shape index (κ2) is 13.1. The summed E-state index contributed by atoms with van der Waals surface area (Å²) in [6.45, 7) is 5.11. The van der Waals surface area contributed by atoms with Crippen LogP contribution in [0.2, 0.25) is 0 Å². The van der Waals surface area contributed by atoms with Gasteiger partial charge in [0, 0.05) is 39.3 Å². The van der Waals surface area contributed by atoms with E-state index in [-0.39, 0.29) is 48.1 Å². The Kier molecular flexibility index (Phi) is 11.2. The summed E-state index contributed by atoms with van der Waals surface area (Å²) in [5.41, 5.74) is 0.233. The molecule has 2 heterocycles. The van der Waals surface area contributed by atoms with Crippen LogP contribution in [0.1, 0.15) is 64.2 Å². The molecule has 0 aromatic carbocycles. The van der Waals surface area contributed by atoms with Gasteiger partial charge in [0.1, 0.15) is 6.54 Å². The zero-order chi connectivity index (χ0) is 20.5. The molecular weight excluding hydrogens is 493 g/mol. The van der Waals surface area contributed by atoms with Gasteiger partial charge in [0.15, 0.2) is 5.96 Å². The molecule has 3 rings (SSSR count). The maximum absolute atomic E-state index is 12.1. The van der Waals surface area contributed by atoms with E-state index in [2.05, 4.69) is 20.5 Å². The van der Waals surface area contributed by atoms with Gasteiger partial charge < -0.3 is 20.3 Å². The molecule has 1 aliphatic carbocycles. The molecule has 2 aliphatic heterocycles. The number of piperidine rings is 1. The summed E-state index contributed by atoms with van der Waals surface area (Å²) < 4.78 is 5.75. The van der Waals surface area contributed by atoms with Crippen LogP contribution in [0.5, 0.6) is 0 Å². The first-order chi connectivity index (χ1) is 14.1. The van der Waals surface area contributed by atoms with Crippen molar-refractivity contribution in [3.8, 4) is 0 Å². The zero-order valence-electron chi connectivity index (χ0n) is 19.0. The minimum atomic E-state index is 0. The van der Waals surface area contributed by atoms with Crippen molar-refractivity contribution in [1.82, 2.24) is 20.4 Å². The second-order valence-electron chi connectivity index (χ2n) is 9.16. The van der Waals surface area contributed by atoms with Crippen LogP contribution in [0.15, 0.2) is 4.99 Å². The van der Waals surface area contributed by atoms with Gasteiger partial charge in [-0.2, -0.15) is 0 Å². The molecule has 3 aliphatic rings. The minimum Gasteiger partial charge on any atom is -0.376 e. The number of likely N-dealkylation sites (N-methyl/N-ethyl adjacent to an activating group) is 1. The van der Waals surface area contributed by atoms with Crippen molar-refractivity contribution in [3.05, 3.63) is 0 Å². The van der Waals surface area contributed by atoms with E-state index >= 15 is 0 Å². The van der Waals surface area contributed by atoms with Crippen molar-refractivity contribution in [2.75, 3.05) is 53.4 Å². The van der Waals surface area contributed by atoms with Crippen molar-refractivity contribution in [1.29, 1.82) is 0 Å². The lowest BCUT2D eigenvalue weighted by Gasteiger charge is -2.48. The summed E-state index contributed by atoms with van der Waals surface area (Å²) in [7, 11) is 3.55. The van der Waals surface area contributed by atoms with Gasteiger partial charge in [-0.1, -0.05) is 25.7 Å². The summed E-state index contributed by atoms with van der Waals surface area (Å²) in [5, 5.41) is 7.06. The molecule has 2 saturated heterocycles. The summed E-state index contributed by atoms with van der Waals surface area (Å²) in [4.78, 5) is 21.0. The zero-order valence-corrected chi connectivity index (χ0v) is 21.3. The predicted octanol–water partition coefficient (Wildman–Crippen LogP) is 2.60. The highest BCUT2D eigenvalue weighted by Crippen LogP contribution is 2.35. The Morgan fingerprint density at radius 1 is 1.07 bits per heavy atom. The molecule has 3 fully saturated rings. The Balaban J connectivity index is 0.00000320. The van der Waals surface area contributed by atoms with Gasteiger partial charge >= 0.3 is 0 Å². The van der Waals surface area contributed by atoms with E-state index in [1.165, 1.54) is 64.5 Å². The Hall–Kier alpha value is -0.610. The first-order valence-electron chi connectivity index (χ1n) is 11.7. The van der Waals surface area contributed by atoms with E-state index in [0.29, 0.717) is 0 Å². The number of nitrogens with zero attached hydrogens (tertiary/aromatic N) is 3. The van der Waals surface area contributed by atoms with Crippen LogP contribution in [0, 0.1) is 0 Å². The number of hydrogen-bond acceptors (Lipinski definition) is 4. The number of amides is 1. The van der Waals surface area contributed by atoms with Crippen LogP contribution in [0.25, 0.3) is 0 Å². The van der Waals surface area contributed by atoms with Crippen molar-refractivity contribution in [3.63, 3.8) is 0 Å². The Labute approximate surface area is 199 Å². The van der Waals surface area contributed by atoms with Gasteiger partial charge in [-0.3, -0.25) is 9.69 Å². The predicted molar refractivity (Wildman–Crippen MR) is 133 cm³/mol. The maximum Gasteiger partial charge on any atom is 0.243 e. The first-order valence-corrected chi connectivity index (χ1v) is 11.7. The monoisotopic (exact) mass is 535 g/mol. The minimum absolute atomic E-state index is 0. The average Bonchev–Trinajstić information content (AvgIpc) is 3.28. The molecule has 2 N–H and O–H groups in total. The van der Waals surface area contributed by atoms with Gasteiger partial charge in [0.25, 0.3) is 0 Å². The molecular formula is C22H42IN5O2. The van der Waals surface area contributed by atoms with Gasteiger partial charge in [0.2, 0.25) is 5.91 Å². The molecule has 174 valence electrons. The number of hydrogen-bond donors (Lipinski definition) is 2. The van der Waals surface area contributed by atoms with Crippen LogP contribution in [-0.4, -0.2) is 86.7 Å². The van der Waals surface area contributed by atoms with E-state index in [1.807, 2.05) is 0 Å². The molecule has 7 nitrogen and oxygen atoms in total. The Morgan fingerprint density at radius 3 is 2.40 bits per heavy atom. The number of guanidine groups is 1. The fraction of sp³-hybridized carbons (Fsp3) is 0.909. The van der Waals surface area contributed by atoms with Gasteiger partial charge in [-0.25, -0.2) is 4.99 Å². The van der Waals surface area contributed by atoms with Gasteiger partial charge in [0.05, 0.1) is 6.10 Å². The lowest BCUT2D eigenvalue weighted by atomic mass is 9.79. The van der Waals surface area contributed by atoms with Crippen molar-refractivity contribution in [2.45, 2.75) is 75.9 Å². The normalized spacial score (nSPS) is 24.7. The molecule has 1 amide bonds. The van der Waals surface area contributed by atoms with Crippen LogP contribution in [0.3, 0.4) is 0 Å². The summed E-state index contributed by atoms with van der Waals surface area (Å²) >= 11 is 0. The van der Waals surface area contributed by atoms with E-state index in [9.17, 15) is 4.79 Å². The first kappa shape index (κ1) is 25.6. The van der Waals surface area contributed by atoms with Crippen molar-refractivity contribution >= 4 is 35.8 Å². The summed E-state index contributed by atoms with van der Waals surface area (Å²) in [6, 6.07) is 0. The standard InChI is InChI=1S/C22H41N5O2.HI/c1-26(2)20(28)17-24-21(23-16-19-10-9-15-29-19)25-18-22(11-5-3-6-12-22)27-13-7-4-8-14-27;/h19H,3-18H2,1-2H3,(H2,23,24,25);1H. The lowest BCUT2D eigenvalue weighted by molar-refractivity contribution is -0.127. The Morgan fingerprint density at radius 2 is 1.77 bits per heavy atom. The molecule has 0 spiro atoms. The number of aliphatic imine (C=N–C) groups is 1. The number of likely N-dealkylation sites (tertiary alicyclic amines) is 1. The van der Waals surface area contributed by atoms with Gasteiger partial charge in [-0.15, -0.1) is 24.0 Å². The number of rotatable bonds is 7. The number of nitrogens with one attached hydrogen (secondary N) is 2. The second-order valence-corrected chi connectivity index (χ2v) is 9.16. The SMILES string of the molecule is CN(C)C(=O)CN=C(NCC1CCCO1)NCC1(N2CCCCC2)CCCCC1.I. The number of ether oxygens (including phenoxy) is 1. The largest absolute Gasteiger partial charge is 0.376 e. The molecule has 8 heteroatoms. The van der Waals surface area contributed by atoms with Crippen LogP contribution in [-0.2, 0) is 9.53 Å². The van der Waals surface area contributed by atoms with Crippen LogP contribution in [0.4, 0.5) is 0 Å². The van der Waals surface area contributed by atoms with Crippen molar-refractivity contribution in [2.24, 2.45) is 4.99 Å². The molecule has 30 heavy (non-hydrogen) atoms. The van der Waals surface area contributed by atoms with Crippen LogP contribution < -0.4 is 10.6 Å². The summed E-state index contributed by atoms with van der Waals surface area (Å²) in [5.74, 6) is 0.768. The van der Waals surface area contributed by atoms with E-state index in [4.69, 9.17) is 4.74 Å². The third-order valence-electron chi connectivity index (χ3n) is 6.79. The number of halogens is 1. The highest BCUT2D eigenvalue weighted by atomic mass is 127. The highest BCUT2D eigenvalue weighted by Gasteiger charge is 2.38. The number of carbonyl (C=O) groups is 1. The fourth-order valence-corrected chi connectivity index (χ4v) is 4.91. The van der Waals surface area contributed by atoms with Crippen LogP contribution >= 0.6 is 24.0 Å². The third-order valence-corrected chi connectivity index (χ3v) is 6.79. The molecule has 0 bridgehead atoms. The topological polar surface area (TPSA) is 69.2 Å². The molecule has 1 unspecified atom stereocenters. The molecule has 1 atom stereocenters. The molecule has 0 aromatic heterocycles. The maximum atomic E-state index is 12.1. The highest BCUT2D eigenvalue weighted by molar-refractivity contribution is 14.0. The molecule has 1 saturated carbocycles. The fourth-order valence-electron chi connectivity index (χ4n) is 4.91. The van der Waals surface area contributed by atoms with E-state index in [0.717, 1.165) is 38.5 Å². The average molecular weight is 536 g/mol. The molecule has 0 radical (unpaired) electrons. The quantitative estimate of drug-likeness (QED) is 0.298.